The van der Waals surface area contributed by atoms with E-state index in [-0.39, 0.29) is 17.4 Å². The van der Waals surface area contributed by atoms with E-state index in [2.05, 4.69) is 21.4 Å². The van der Waals surface area contributed by atoms with Crippen LogP contribution >= 0.6 is 0 Å². The lowest BCUT2D eigenvalue weighted by molar-refractivity contribution is -0.118. The largest absolute Gasteiger partial charge is 0.326 e. The van der Waals surface area contributed by atoms with Crippen molar-refractivity contribution in [3.8, 4) is 11.4 Å². The number of benzene rings is 2. The molecule has 3 aromatic rings. The number of aromatic nitrogens is 2. The summed E-state index contributed by atoms with van der Waals surface area (Å²) in [7, 11) is 0. The lowest BCUT2D eigenvalue weighted by Crippen LogP contribution is -2.30. The van der Waals surface area contributed by atoms with Gasteiger partial charge in [0.25, 0.3) is 5.56 Å². The maximum Gasteiger partial charge on any atom is 0.251 e. The Hall–Kier alpha value is -3.21. The average molecular weight is 345 g/mol. The number of anilines is 1. The molecule has 4 rings (SSSR count). The second-order valence-electron chi connectivity index (χ2n) is 6.46. The molecule has 2 aromatic carbocycles. The van der Waals surface area contributed by atoms with Gasteiger partial charge in [-0.1, -0.05) is 43.3 Å². The van der Waals surface area contributed by atoms with E-state index in [0.29, 0.717) is 17.9 Å². The molecular formula is C21H19N3O2. The van der Waals surface area contributed by atoms with Crippen molar-refractivity contribution in [2.45, 2.75) is 25.7 Å². The van der Waals surface area contributed by atoms with Crippen LogP contribution in [0, 0.1) is 0 Å². The topological polar surface area (TPSA) is 74.8 Å². The normalized spacial score (nSPS) is 15.0. The number of nitrogens with zero attached hydrogens (tertiary/aromatic N) is 1. The van der Waals surface area contributed by atoms with Crippen LogP contribution in [-0.4, -0.2) is 15.9 Å². The predicted octanol–water partition coefficient (Wildman–Crippen LogP) is 3.28. The van der Waals surface area contributed by atoms with E-state index in [1.807, 2.05) is 49.4 Å². The zero-order valence-corrected chi connectivity index (χ0v) is 14.5. The van der Waals surface area contributed by atoms with Crippen LogP contribution in [0.1, 0.15) is 29.7 Å². The van der Waals surface area contributed by atoms with Gasteiger partial charge in [0, 0.05) is 23.0 Å². The van der Waals surface area contributed by atoms with E-state index in [0.717, 1.165) is 23.2 Å². The minimum absolute atomic E-state index is 0.00962. The van der Waals surface area contributed by atoms with Gasteiger partial charge in [-0.05, 0) is 36.1 Å². The summed E-state index contributed by atoms with van der Waals surface area (Å²) in [5, 5.41) is 2.98. The van der Waals surface area contributed by atoms with Crippen molar-refractivity contribution in [2.24, 2.45) is 0 Å². The van der Waals surface area contributed by atoms with Crippen molar-refractivity contribution in [1.82, 2.24) is 9.97 Å². The van der Waals surface area contributed by atoms with Gasteiger partial charge < -0.3 is 10.3 Å². The maximum absolute atomic E-state index is 12.6. The highest BCUT2D eigenvalue weighted by Gasteiger charge is 2.31. The summed E-state index contributed by atoms with van der Waals surface area (Å²) >= 11 is 0. The highest BCUT2D eigenvalue weighted by atomic mass is 16.2. The van der Waals surface area contributed by atoms with Crippen LogP contribution < -0.4 is 10.9 Å². The molecule has 0 saturated heterocycles. The number of nitrogens with one attached hydrogen (secondary N) is 2. The van der Waals surface area contributed by atoms with Crippen LogP contribution in [0.25, 0.3) is 11.4 Å². The molecule has 1 aliphatic rings. The van der Waals surface area contributed by atoms with Gasteiger partial charge in [0.1, 0.15) is 5.82 Å². The molecule has 0 radical (unpaired) electrons. The third kappa shape index (κ3) is 3.04. The van der Waals surface area contributed by atoms with Crippen LogP contribution in [0.2, 0.25) is 0 Å². The molecule has 0 bridgehead atoms. The molecule has 0 saturated carbocycles. The SMILES string of the molecule is CCc1cc(=O)[nH]c(-c2cccc(NC(=O)C3Cc4ccccc43)c2)n1. The predicted molar refractivity (Wildman–Crippen MR) is 101 cm³/mol. The van der Waals surface area contributed by atoms with E-state index >= 15 is 0 Å². The zero-order valence-electron chi connectivity index (χ0n) is 14.5. The summed E-state index contributed by atoms with van der Waals surface area (Å²) in [5.41, 5.74) is 4.37. The number of aryl methyl sites for hydroxylation is 1. The van der Waals surface area contributed by atoms with Crippen molar-refractivity contribution in [3.63, 3.8) is 0 Å². The van der Waals surface area contributed by atoms with Crippen LogP contribution in [0.5, 0.6) is 0 Å². The maximum atomic E-state index is 12.6. The van der Waals surface area contributed by atoms with Gasteiger partial charge in [-0.2, -0.15) is 0 Å². The molecule has 0 fully saturated rings. The first kappa shape index (κ1) is 16.3. The molecule has 5 nitrogen and oxygen atoms in total. The van der Waals surface area contributed by atoms with Crippen LogP contribution in [0.15, 0.2) is 59.4 Å². The van der Waals surface area contributed by atoms with Gasteiger partial charge in [0.05, 0.1) is 5.92 Å². The number of fused-ring (bicyclic) bond motifs is 1. The summed E-state index contributed by atoms with van der Waals surface area (Å²) in [6.07, 6.45) is 1.46. The van der Waals surface area contributed by atoms with Gasteiger partial charge >= 0.3 is 0 Å². The molecular weight excluding hydrogens is 326 g/mol. The fourth-order valence-electron chi connectivity index (χ4n) is 3.29. The molecule has 130 valence electrons. The Kier molecular flexibility index (Phi) is 4.13. The molecule has 26 heavy (non-hydrogen) atoms. The summed E-state index contributed by atoms with van der Waals surface area (Å²) in [6.45, 7) is 1.96. The third-order valence-corrected chi connectivity index (χ3v) is 4.73. The van der Waals surface area contributed by atoms with Gasteiger partial charge in [0.2, 0.25) is 5.91 Å². The molecule has 5 heteroatoms. The zero-order chi connectivity index (χ0) is 18.1. The van der Waals surface area contributed by atoms with E-state index in [9.17, 15) is 9.59 Å². The summed E-state index contributed by atoms with van der Waals surface area (Å²) in [5.74, 6) is 0.403. The van der Waals surface area contributed by atoms with Crippen LogP contribution in [0.4, 0.5) is 5.69 Å². The van der Waals surface area contributed by atoms with Crippen LogP contribution in [0.3, 0.4) is 0 Å². The highest BCUT2D eigenvalue weighted by molar-refractivity contribution is 5.98. The highest BCUT2D eigenvalue weighted by Crippen LogP contribution is 2.35. The number of H-pyrrole nitrogens is 1. The van der Waals surface area contributed by atoms with Crippen molar-refractivity contribution >= 4 is 11.6 Å². The Balaban J connectivity index is 1.56. The molecule has 1 amide bonds. The van der Waals surface area contributed by atoms with Gasteiger partial charge in [-0.15, -0.1) is 0 Å². The summed E-state index contributed by atoms with van der Waals surface area (Å²) in [6, 6.07) is 16.9. The first-order valence-corrected chi connectivity index (χ1v) is 8.73. The molecule has 1 aliphatic carbocycles. The lowest BCUT2D eigenvalue weighted by atomic mass is 9.77. The smallest absolute Gasteiger partial charge is 0.251 e. The Bertz CT molecular complexity index is 1040. The first-order chi connectivity index (χ1) is 12.6. The number of carbonyl (C=O) groups is 1. The van der Waals surface area contributed by atoms with Crippen molar-refractivity contribution < 1.29 is 4.79 Å². The number of amides is 1. The van der Waals surface area contributed by atoms with Gasteiger partial charge in [-0.25, -0.2) is 4.98 Å². The van der Waals surface area contributed by atoms with Gasteiger partial charge in [-0.3, -0.25) is 9.59 Å². The quantitative estimate of drug-likeness (QED) is 0.762. The summed E-state index contributed by atoms with van der Waals surface area (Å²) < 4.78 is 0. The summed E-state index contributed by atoms with van der Waals surface area (Å²) in [4.78, 5) is 31.6. The second-order valence-corrected chi connectivity index (χ2v) is 6.46. The Morgan fingerprint density at radius 3 is 2.85 bits per heavy atom. The molecule has 1 aromatic heterocycles. The second kappa shape index (κ2) is 6.59. The molecule has 1 unspecified atom stereocenters. The number of rotatable bonds is 4. The van der Waals surface area contributed by atoms with E-state index < -0.39 is 0 Å². The van der Waals surface area contributed by atoms with Crippen LogP contribution in [-0.2, 0) is 17.6 Å². The van der Waals surface area contributed by atoms with Crippen molar-refractivity contribution in [2.75, 3.05) is 5.32 Å². The van der Waals surface area contributed by atoms with Gasteiger partial charge in [0.15, 0.2) is 0 Å². The third-order valence-electron chi connectivity index (χ3n) is 4.73. The number of carbonyl (C=O) groups excluding carboxylic acids is 1. The van der Waals surface area contributed by atoms with E-state index in [1.54, 1.807) is 0 Å². The Labute approximate surface area is 151 Å². The van der Waals surface area contributed by atoms with E-state index in [4.69, 9.17) is 0 Å². The van der Waals surface area contributed by atoms with Crippen molar-refractivity contribution in [3.05, 3.63) is 81.8 Å². The lowest BCUT2D eigenvalue weighted by Gasteiger charge is -2.28. The minimum Gasteiger partial charge on any atom is -0.326 e. The molecule has 1 atom stereocenters. The molecule has 1 heterocycles. The molecule has 0 aliphatic heterocycles. The monoisotopic (exact) mass is 345 g/mol. The fraction of sp³-hybridized carbons (Fsp3) is 0.190. The molecule has 2 N–H and O–H groups in total. The Morgan fingerprint density at radius 2 is 2.04 bits per heavy atom. The Morgan fingerprint density at radius 1 is 1.19 bits per heavy atom. The molecule has 0 spiro atoms. The average Bonchev–Trinajstić information content (AvgIpc) is 2.62. The van der Waals surface area contributed by atoms with E-state index in [1.165, 1.54) is 11.6 Å². The fourth-order valence-corrected chi connectivity index (χ4v) is 3.29. The standard InChI is InChI=1S/C21H19N3O2/c1-2-15-12-19(25)24-20(22-15)14-7-5-8-16(10-14)23-21(26)18-11-13-6-3-4-9-17(13)18/h3-10,12,18H,2,11H2,1H3,(H,23,26)(H,22,24,25). The number of hydrogen-bond acceptors (Lipinski definition) is 3. The first-order valence-electron chi connectivity index (χ1n) is 8.73. The van der Waals surface area contributed by atoms with Crippen molar-refractivity contribution in [1.29, 1.82) is 0 Å². The number of aromatic amines is 1. The number of hydrogen-bond donors (Lipinski definition) is 2. The minimum atomic E-state index is -0.174.